The first-order valence-corrected chi connectivity index (χ1v) is 9.73. The number of carbonyl (C=O) groups excluding carboxylic acids is 4. The largest absolute Gasteiger partial charge is 0.350 e. The molecule has 1 heterocycles. The Hall–Kier alpha value is -3.68. The van der Waals surface area contributed by atoms with Crippen LogP contribution in [-0.2, 0) is 26.5 Å². The van der Waals surface area contributed by atoms with Gasteiger partial charge in [-0.1, -0.05) is 67.6 Å². The molecular formula is C22H24N4O4. The third-order valence-electron chi connectivity index (χ3n) is 5.05. The van der Waals surface area contributed by atoms with Crippen molar-refractivity contribution < 1.29 is 19.2 Å². The third-order valence-corrected chi connectivity index (χ3v) is 5.05. The summed E-state index contributed by atoms with van der Waals surface area (Å²) in [6.07, 6.45) is 0.349. The van der Waals surface area contributed by atoms with Crippen LogP contribution < -0.4 is 16.0 Å². The number of hydrogen-bond donors (Lipinski definition) is 3. The van der Waals surface area contributed by atoms with Crippen molar-refractivity contribution in [3.05, 3.63) is 71.8 Å². The van der Waals surface area contributed by atoms with E-state index in [-0.39, 0.29) is 12.5 Å². The van der Waals surface area contributed by atoms with Gasteiger partial charge in [0.1, 0.15) is 12.1 Å². The van der Waals surface area contributed by atoms with Crippen LogP contribution in [0.3, 0.4) is 0 Å². The van der Waals surface area contributed by atoms with Crippen molar-refractivity contribution >= 4 is 23.8 Å². The molecule has 1 aliphatic heterocycles. The maximum Gasteiger partial charge on any atom is 0.325 e. The molecule has 1 atom stereocenters. The van der Waals surface area contributed by atoms with Gasteiger partial charge in [-0.3, -0.25) is 19.3 Å². The Morgan fingerprint density at radius 2 is 1.57 bits per heavy atom. The Bertz CT molecular complexity index is 933. The first-order chi connectivity index (χ1) is 14.5. The molecule has 5 amide bonds. The summed E-state index contributed by atoms with van der Waals surface area (Å²) < 4.78 is 0. The lowest BCUT2D eigenvalue weighted by Crippen LogP contribution is -2.46. The van der Waals surface area contributed by atoms with Crippen molar-refractivity contribution in [2.45, 2.75) is 25.4 Å². The quantitative estimate of drug-likeness (QED) is 0.572. The zero-order valence-electron chi connectivity index (χ0n) is 16.7. The Morgan fingerprint density at radius 1 is 0.933 bits per heavy atom. The molecule has 2 aromatic rings. The Labute approximate surface area is 174 Å². The van der Waals surface area contributed by atoms with Crippen LogP contribution >= 0.6 is 0 Å². The summed E-state index contributed by atoms with van der Waals surface area (Å²) in [7, 11) is 0. The highest BCUT2D eigenvalue weighted by Crippen LogP contribution is 2.32. The maximum atomic E-state index is 13.0. The van der Waals surface area contributed by atoms with Gasteiger partial charge < -0.3 is 16.0 Å². The summed E-state index contributed by atoms with van der Waals surface area (Å²) in [5, 5.41) is 7.86. The molecule has 1 fully saturated rings. The molecular weight excluding hydrogens is 384 g/mol. The van der Waals surface area contributed by atoms with Gasteiger partial charge in [0.05, 0.1) is 6.54 Å². The van der Waals surface area contributed by atoms with Gasteiger partial charge in [0.25, 0.3) is 5.91 Å². The molecule has 30 heavy (non-hydrogen) atoms. The van der Waals surface area contributed by atoms with Gasteiger partial charge in [0.15, 0.2) is 0 Å². The minimum atomic E-state index is -1.19. The molecule has 0 aliphatic carbocycles. The summed E-state index contributed by atoms with van der Waals surface area (Å²) in [6, 6.07) is 17.7. The molecule has 0 saturated carbocycles. The van der Waals surface area contributed by atoms with E-state index in [2.05, 4.69) is 16.0 Å². The zero-order chi connectivity index (χ0) is 21.6. The maximum absolute atomic E-state index is 13.0. The van der Waals surface area contributed by atoms with Crippen LogP contribution in [0.15, 0.2) is 60.7 Å². The van der Waals surface area contributed by atoms with Crippen LogP contribution in [0.4, 0.5) is 4.79 Å². The van der Waals surface area contributed by atoms with Crippen molar-refractivity contribution in [1.29, 1.82) is 0 Å². The molecule has 2 aromatic carbocycles. The number of imide groups is 1. The van der Waals surface area contributed by atoms with Gasteiger partial charge >= 0.3 is 6.03 Å². The lowest BCUT2D eigenvalue weighted by Gasteiger charge is -2.25. The number of benzene rings is 2. The van der Waals surface area contributed by atoms with Crippen molar-refractivity contribution in [1.82, 2.24) is 20.9 Å². The van der Waals surface area contributed by atoms with Crippen LogP contribution in [0, 0.1) is 0 Å². The number of nitrogens with zero attached hydrogens (tertiary/aromatic N) is 1. The van der Waals surface area contributed by atoms with E-state index in [1.165, 1.54) is 0 Å². The molecule has 3 N–H and O–H groups in total. The number of urea groups is 1. The van der Waals surface area contributed by atoms with Crippen molar-refractivity contribution in [3.63, 3.8) is 0 Å². The van der Waals surface area contributed by atoms with Crippen LogP contribution in [0.2, 0.25) is 0 Å². The average molecular weight is 408 g/mol. The van der Waals surface area contributed by atoms with E-state index in [0.717, 1.165) is 10.5 Å². The lowest BCUT2D eigenvalue weighted by molar-refractivity contribution is -0.135. The molecule has 156 valence electrons. The van der Waals surface area contributed by atoms with E-state index in [9.17, 15) is 19.2 Å². The second-order valence-corrected chi connectivity index (χ2v) is 6.99. The normalized spacial score (nSPS) is 18.1. The molecule has 1 unspecified atom stereocenters. The fourth-order valence-electron chi connectivity index (χ4n) is 3.37. The molecule has 0 bridgehead atoms. The molecule has 0 radical (unpaired) electrons. The average Bonchev–Trinajstić information content (AvgIpc) is 3.02. The smallest absolute Gasteiger partial charge is 0.325 e. The van der Waals surface area contributed by atoms with Crippen molar-refractivity contribution in [2.24, 2.45) is 0 Å². The van der Waals surface area contributed by atoms with Crippen molar-refractivity contribution in [2.75, 3.05) is 13.1 Å². The highest BCUT2D eigenvalue weighted by molar-refractivity contribution is 6.09. The van der Waals surface area contributed by atoms with Gasteiger partial charge in [-0.2, -0.15) is 0 Å². The molecule has 0 spiro atoms. The minimum absolute atomic E-state index is 0.243. The van der Waals surface area contributed by atoms with Crippen LogP contribution in [0.1, 0.15) is 24.5 Å². The van der Waals surface area contributed by atoms with Crippen molar-refractivity contribution in [3.8, 4) is 0 Å². The first-order valence-electron chi connectivity index (χ1n) is 9.73. The van der Waals surface area contributed by atoms with Gasteiger partial charge in [0.2, 0.25) is 11.8 Å². The molecule has 0 aromatic heterocycles. The summed E-state index contributed by atoms with van der Waals surface area (Å²) in [6.45, 7) is 1.45. The number of nitrogens with one attached hydrogen (secondary N) is 3. The standard InChI is InChI=1S/C22H24N4O4/c1-2-22(17-11-7-4-8-12-17)20(29)26(21(30)25-22)15-19(28)24-14-18(27)23-13-16-9-5-3-6-10-16/h3-12H,2,13-15H2,1H3,(H,23,27)(H,24,28)(H,25,30). The monoisotopic (exact) mass is 408 g/mol. The Morgan fingerprint density at radius 3 is 2.20 bits per heavy atom. The topological polar surface area (TPSA) is 108 Å². The van der Waals surface area contributed by atoms with Crippen LogP contribution in [0.25, 0.3) is 0 Å². The second kappa shape index (κ2) is 9.21. The van der Waals surface area contributed by atoms with E-state index >= 15 is 0 Å². The number of hydrogen-bond acceptors (Lipinski definition) is 4. The van der Waals surface area contributed by atoms with Crippen LogP contribution in [-0.4, -0.2) is 41.7 Å². The second-order valence-electron chi connectivity index (χ2n) is 6.99. The number of carbonyl (C=O) groups is 4. The summed E-state index contributed by atoms with van der Waals surface area (Å²) in [5.74, 6) is -1.44. The summed E-state index contributed by atoms with van der Waals surface area (Å²) in [5.41, 5.74) is 0.411. The van der Waals surface area contributed by atoms with E-state index in [4.69, 9.17) is 0 Å². The van der Waals surface area contributed by atoms with Gasteiger partial charge in [0, 0.05) is 6.54 Å². The van der Waals surface area contributed by atoms with E-state index in [0.29, 0.717) is 18.5 Å². The predicted molar refractivity (Wildman–Crippen MR) is 110 cm³/mol. The van der Waals surface area contributed by atoms with Gasteiger partial charge in [-0.15, -0.1) is 0 Å². The molecule has 8 nitrogen and oxygen atoms in total. The molecule has 3 rings (SSSR count). The molecule has 1 saturated heterocycles. The molecule has 1 aliphatic rings. The van der Waals surface area contributed by atoms with E-state index < -0.39 is 29.9 Å². The predicted octanol–water partition coefficient (Wildman–Crippen LogP) is 1.28. The lowest BCUT2D eigenvalue weighted by atomic mass is 9.87. The third kappa shape index (κ3) is 4.48. The van der Waals surface area contributed by atoms with E-state index in [1.54, 1.807) is 31.2 Å². The number of rotatable bonds is 8. The Kier molecular flexibility index (Phi) is 6.46. The summed E-state index contributed by atoms with van der Waals surface area (Å²) >= 11 is 0. The fraction of sp³-hybridized carbons (Fsp3) is 0.273. The highest BCUT2D eigenvalue weighted by Gasteiger charge is 2.51. The Balaban J connectivity index is 1.54. The van der Waals surface area contributed by atoms with Gasteiger partial charge in [-0.05, 0) is 17.5 Å². The fourth-order valence-corrected chi connectivity index (χ4v) is 3.37. The number of amides is 5. The minimum Gasteiger partial charge on any atom is -0.350 e. The molecule has 8 heteroatoms. The first kappa shape index (κ1) is 21.0. The summed E-state index contributed by atoms with van der Waals surface area (Å²) in [4.78, 5) is 50.4. The highest BCUT2D eigenvalue weighted by atomic mass is 16.2. The SMILES string of the molecule is CCC1(c2ccccc2)NC(=O)N(CC(=O)NCC(=O)NCc2ccccc2)C1=O. The van der Waals surface area contributed by atoms with Gasteiger partial charge in [-0.25, -0.2) is 4.79 Å². The van der Waals surface area contributed by atoms with Crippen LogP contribution in [0.5, 0.6) is 0 Å². The van der Waals surface area contributed by atoms with E-state index in [1.807, 2.05) is 36.4 Å². The zero-order valence-corrected chi connectivity index (χ0v) is 16.7.